The van der Waals surface area contributed by atoms with Gasteiger partial charge in [-0.15, -0.1) is 0 Å². The number of nitrogens with one attached hydrogen (secondary N) is 1. The lowest BCUT2D eigenvalue weighted by Gasteiger charge is -2.19. The lowest BCUT2D eigenvalue weighted by molar-refractivity contribution is 0.386. The molecule has 1 N–H and O–H groups in total. The van der Waals surface area contributed by atoms with Crippen LogP contribution in [0.5, 0.6) is 0 Å². The first kappa shape index (κ1) is 16.2. The molecule has 1 saturated carbocycles. The SMILES string of the molecule is Clc1cccc(Cl)c1-c1noc(C2CC2)c1C=CC1CCNCC1. The summed E-state index contributed by atoms with van der Waals surface area (Å²) < 4.78 is 5.69. The Morgan fingerprint density at radius 1 is 1.08 bits per heavy atom. The minimum atomic E-state index is 0.486. The van der Waals surface area contributed by atoms with Crippen LogP contribution in [0.2, 0.25) is 10.0 Å². The number of hydrogen-bond donors (Lipinski definition) is 1. The van der Waals surface area contributed by atoms with Crippen molar-refractivity contribution in [1.29, 1.82) is 0 Å². The van der Waals surface area contributed by atoms with Crippen molar-refractivity contribution in [2.75, 3.05) is 13.1 Å². The molecule has 0 radical (unpaired) electrons. The molecule has 2 fully saturated rings. The van der Waals surface area contributed by atoms with E-state index in [2.05, 4.69) is 22.6 Å². The van der Waals surface area contributed by atoms with E-state index in [-0.39, 0.29) is 0 Å². The van der Waals surface area contributed by atoms with Gasteiger partial charge in [0.2, 0.25) is 0 Å². The monoisotopic (exact) mass is 362 g/mol. The van der Waals surface area contributed by atoms with Gasteiger partial charge in [0.15, 0.2) is 0 Å². The second kappa shape index (κ2) is 6.91. The Kier molecular flexibility index (Phi) is 4.66. The standard InChI is InChI=1S/C19H20Cl2N2O/c20-15-2-1-3-16(21)17(15)18-14(19(24-23-18)13-5-6-13)7-4-12-8-10-22-11-9-12/h1-4,7,12-13,22H,5-6,8-11H2. The number of rotatable bonds is 4. The van der Waals surface area contributed by atoms with Gasteiger partial charge in [-0.25, -0.2) is 0 Å². The summed E-state index contributed by atoms with van der Waals surface area (Å²) in [5.41, 5.74) is 2.57. The molecule has 0 spiro atoms. The van der Waals surface area contributed by atoms with Crippen molar-refractivity contribution in [3.05, 3.63) is 45.6 Å². The lowest BCUT2D eigenvalue weighted by Crippen LogP contribution is -2.26. The summed E-state index contributed by atoms with van der Waals surface area (Å²) in [5.74, 6) is 2.06. The Morgan fingerprint density at radius 2 is 1.79 bits per heavy atom. The summed E-state index contributed by atoms with van der Waals surface area (Å²) in [5, 5.41) is 8.94. The van der Waals surface area contributed by atoms with E-state index in [9.17, 15) is 0 Å². The summed E-state index contributed by atoms with van der Waals surface area (Å²) >= 11 is 12.8. The molecule has 2 aliphatic rings. The Morgan fingerprint density at radius 3 is 2.46 bits per heavy atom. The largest absolute Gasteiger partial charge is 0.360 e. The molecule has 0 amide bonds. The molecule has 1 aliphatic heterocycles. The summed E-state index contributed by atoms with van der Waals surface area (Å²) in [6, 6.07) is 5.53. The van der Waals surface area contributed by atoms with Crippen LogP contribution in [0.25, 0.3) is 17.3 Å². The Balaban J connectivity index is 1.73. The van der Waals surface area contributed by atoms with Gasteiger partial charge < -0.3 is 9.84 Å². The molecular weight excluding hydrogens is 343 g/mol. The Bertz CT molecular complexity index is 738. The number of aromatic nitrogens is 1. The predicted molar refractivity (Wildman–Crippen MR) is 98.6 cm³/mol. The molecule has 24 heavy (non-hydrogen) atoms. The molecule has 4 rings (SSSR count). The van der Waals surface area contributed by atoms with Gasteiger partial charge in [0, 0.05) is 17.0 Å². The number of allylic oxidation sites excluding steroid dienone is 1. The second-order valence-electron chi connectivity index (χ2n) is 6.63. The van der Waals surface area contributed by atoms with Crippen LogP contribution in [-0.2, 0) is 0 Å². The summed E-state index contributed by atoms with van der Waals surface area (Å²) in [6.45, 7) is 2.16. The minimum absolute atomic E-state index is 0.486. The quantitative estimate of drug-likeness (QED) is 0.775. The van der Waals surface area contributed by atoms with E-state index in [0.717, 1.165) is 35.7 Å². The molecule has 5 heteroatoms. The van der Waals surface area contributed by atoms with E-state index in [4.69, 9.17) is 27.7 Å². The maximum absolute atomic E-state index is 6.39. The number of nitrogens with zero attached hydrogens (tertiary/aromatic N) is 1. The zero-order valence-corrected chi connectivity index (χ0v) is 14.9. The van der Waals surface area contributed by atoms with E-state index >= 15 is 0 Å². The molecule has 2 heterocycles. The van der Waals surface area contributed by atoms with Crippen molar-refractivity contribution in [3.8, 4) is 11.3 Å². The lowest BCUT2D eigenvalue weighted by atomic mass is 9.95. The third-order valence-corrected chi connectivity index (χ3v) is 5.45. The smallest absolute Gasteiger partial charge is 0.147 e. The van der Waals surface area contributed by atoms with Crippen molar-refractivity contribution in [2.45, 2.75) is 31.6 Å². The maximum Gasteiger partial charge on any atom is 0.147 e. The molecule has 1 saturated heterocycles. The number of benzene rings is 1. The highest BCUT2D eigenvalue weighted by Gasteiger charge is 2.32. The van der Waals surface area contributed by atoms with Gasteiger partial charge in [-0.3, -0.25) is 0 Å². The summed E-state index contributed by atoms with van der Waals surface area (Å²) in [7, 11) is 0. The normalized spacial score (nSPS) is 19.2. The van der Waals surface area contributed by atoms with Crippen LogP contribution in [0.15, 0.2) is 28.8 Å². The molecule has 2 aromatic rings. The first-order valence-electron chi connectivity index (χ1n) is 8.57. The van der Waals surface area contributed by atoms with Crippen molar-refractivity contribution in [2.24, 2.45) is 5.92 Å². The Hall–Kier alpha value is -1.29. The van der Waals surface area contributed by atoms with Crippen molar-refractivity contribution >= 4 is 29.3 Å². The van der Waals surface area contributed by atoms with Crippen LogP contribution < -0.4 is 5.32 Å². The third-order valence-electron chi connectivity index (χ3n) is 4.82. The van der Waals surface area contributed by atoms with Crippen molar-refractivity contribution < 1.29 is 4.52 Å². The molecule has 3 nitrogen and oxygen atoms in total. The van der Waals surface area contributed by atoms with Crippen LogP contribution in [0, 0.1) is 5.92 Å². The number of halogens is 2. The van der Waals surface area contributed by atoms with Gasteiger partial charge in [0.1, 0.15) is 11.5 Å². The fourth-order valence-corrected chi connectivity index (χ4v) is 3.86. The minimum Gasteiger partial charge on any atom is -0.360 e. The maximum atomic E-state index is 6.39. The molecular formula is C19H20Cl2N2O. The van der Waals surface area contributed by atoms with Gasteiger partial charge in [-0.2, -0.15) is 0 Å². The Labute approximate surface area is 152 Å². The molecule has 0 bridgehead atoms. The van der Waals surface area contributed by atoms with Gasteiger partial charge in [0.25, 0.3) is 0 Å². The summed E-state index contributed by atoms with van der Waals surface area (Å²) in [4.78, 5) is 0. The van der Waals surface area contributed by atoms with E-state index in [1.54, 1.807) is 0 Å². The third kappa shape index (κ3) is 3.26. The van der Waals surface area contributed by atoms with Gasteiger partial charge in [0.05, 0.1) is 10.0 Å². The van der Waals surface area contributed by atoms with Crippen molar-refractivity contribution in [1.82, 2.24) is 10.5 Å². The highest BCUT2D eigenvalue weighted by atomic mass is 35.5. The predicted octanol–water partition coefficient (Wildman–Crippen LogP) is 5.54. The zero-order chi connectivity index (χ0) is 16.5. The highest BCUT2D eigenvalue weighted by molar-refractivity contribution is 6.39. The number of piperidine rings is 1. The molecule has 0 atom stereocenters. The summed E-state index contributed by atoms with van der Waals surface area (Å²) in [6.07, 6.45) is 9.15. The van der Waals surface area contributed by atoms with Crippen LogP contribution in [-0.4, -0.2) is 18.2 Å². The highest BCUT2D eigenvalue weighted by Crippen LogP contribution is 2.46. The number of hydrogen-bond acceptors (Lipinski definition) is 3. The first-order valence-corrected chi connectivity index (χ1v) is 9.32. The van der Waals surface area contributed by atoms with Gasteiger partial charge in [-0.05, 0) is 56.8 Å². The average molecular weight is 363 g/mol. The first-order chi connectivity index (χ1) is 11.7. The molecule has 1 aliphatic carbocycles. The second-order valence-corrected chi connectivity index (χ2v) is 7.44. The van der Waals surface area contributed by atoms with Crippen LogP contribution >= 0.6 is 23.2 Å². The van der Waals surface area contributed by atoms with Gasteiger partial charge >= 0.3 is 0 Å². The molecule has 0 unspecified atom stereocenters. The van der Waals surface area contributed by atoms with Gasteiger partial charge in [-0.1, -0.05) is 46.6 Å². The zero-order valence-electron chi connectivity index (χ0n) is 13.4. The fraction of sp³-hybridized carbons (Fsp3) is 0.421. The van der Waals surface area contributed by atoms with Crippen molar-refractivity contribution in [3.63, 3.8) is 0 Å². The topological polar surface area (TPSA) is 38.1 Å². The van der Waals surface area contributed by atoms with Crippen LogP contribution in [0.3, 0.4) is 0 Å². The van der Waals surface area contributed by atoms with Crippen LogP contribution in [0.1, 0.15) is 42.9 Å². The molecule has 1 aromatic heterocycles. The van der Waals surface area contributed by atoms with Crippen LogP contribution in [0.4, 0.5) is 0 Å². The van der Waals surface area contributed by atoms with E-state index in [0.29, 0.717) is 21.9 Å². The van der Waals surface area contributed by atoms with E-state index < -0.39 is 0 Å². The fourth-order valence-electron chi connectivity index (χ4n) is 3.28. The van der Waals surface area contributed by atoms with E-state index in [1.165, 1.54) is 25.7 Å². The average Bonchev–Trinajstić information content (AvgIpc) is 3.35. The van der Waals surface area contributed by atoms with E-state index in [1.807, 2.05) is 18.2 Å². The molecule has 126 valence electrons. The molecule has 1 aromatic carbocycles.